The number of guanidine groups is 1. The lowest BCUT2D eigenvalue weighted by Gasteiger charge is -2.14. The Kier molecular flexibility index (Phi) is 12.4. The zero-order chi connectivity index (χ0) is 21.8. The van der Waals surface area contributed by atoms with Crippen LogP contribution in [0.25, 0.3) is 0 Å². The maximum atomic E-state index is 11.6. The molecule has 2 rings (SSSR count). The molecule has 31 heavy (non-hydrogen) atoms. The Bertz CT molecular complexity index is 858. The molecule has 0 atom stereocenters. The fourth-order valence-corrected chi connectivity index (χ4v) is 2.84. The number of ether oxygens (including phenoxy) is 2. The second kappa shape index (κ2) is 14.5. The molecule has 0 aliphatic carbocycles. The van der Waals surface area contributed by atoms with Crippen molar-refractivity contribution in [2.24, 2.45) is 4.99 Å². The van der Waals surface area contributed by atoms with Crippen LogP contribution in [0.2, 0.25) is 0 Å². The van der Waals surface area contributed by atoms with Gasteiger partial charge >= 0.3 is 0 Å². The van der Waals surface area contributed by atoms with Crippen molar-refractivity contribution in [3.63, 3.8) is 0 Å². The molecule has 0 unspecified atom stereocenters. The van der Waals surface area contributed by atoms with Crippen LogP contribution in [-0.2, 0) is 17.9 Å². The van der Waals surface area contributed by atoms with E-state index in [0.717, 1.165) is 18.1 Å². The molecule has 0 spiro atoms. The lowest BCUT2D eigenvalue weighted by Crippen LogP contribution is -2.36. The first-order valence-corrected chi connectivity index (χ1v) is 10.2. The van der Waals surface area contributed by atoms with Crippen molar-refractivity contribution in [3.05, 3.63) is 59.2 Å². The Morgan fingerprint density at radius 3 is 2.42 bits per heavy atom. The van der Waals surface area contributed by atoms with E-state index in [-0.39, 0.29) is 36.5 Å². The van der Waals surface area contributed by atoms with Crippen molar-refractivity contribution in [2.75, 3.05) is 26.8 Å². The van der Waals surface area contributed by atoms with Crippen molar-refractivity contribution in [3.8, 4) is 11.5 Å². The summed E-state index contributed by atoms with van der Waals surface area (Å²) < 4.78 is 11.0. The van der Waals surface area contributed by atoms with Crippen molar-refractivity contribution in [1.29, 1.82) is 0 Å². The quantitative estimate of drug-likeness (QED) is 0.245. The number of hydrogen-bond acceptors (Lipinski definition) is 4. The fraction of sp³-hybridized carbons (Fsp3) is 0.391. The summed E-state index contributed by atoms with van der Waals surface area (Å²) in [7, 11) is 1.58. The molecule has 3 N–H and O–H groups in total. The number of carbonyl (C=O) groups is 1. The number of amides is 1. The van der Waals surface area contributed by atoms with Crippen LogP contribution in [0.1, 0.15) is 30.5 Å². The monoisotopic (exact) mass is 540 g/mol. The minimum atomic E-state index is -0.162. The van der Waals surface area contributed by atoms with E-state index < -0.39 is 0 Å². The minimum Gasteiger partial charge on any atom is -0.493 e. The van der Waals surface area contributed by atoms with Gasteiger partial charge in [0.2, 0.25) is 0 Å². The standard InChI is InChI=1S/C23H32N4O3.HI/c1-5-24-22(28)16-30-20-11-10-19(13-21(20)29-4)15-27-23(25-6-2)26-14-18-9-7-8-17(3)12-18;/h7-13H,5-6,14-16H2,1-4H3,(H,24,28)(H2,25,26,27);1H. The van der Waals surface area contributed by atoms with Gasteiger partial charge in [-0.3, -0.25) is 4.79 Å². The van der Waals surface area contributed by atoms with E-state index in [1.165, 1.54) is 11.1 Å². The number of benzene rings is 2. The maximum Gasteiger partial charge on any atom is 0.257 e. The van der Waals surface area contributed by atoms with Gasteiger partial charge in [0.05, 0.1) is 13.7 Å². The molecule has 0 aliphatic heterocycles. The zero-order valence-corrected chi connectivity index (χ0v) is 21.0. The summed E-state index contributed by atoms with van der Waals surface area (Å²) in [5.41, 5.74) is 3.41. The number of nitrogens with one attached hydrogen (secondary N) is 3. The topological polar surface area (TPSA) is 84.0 Å². The normalized spacial score (nSPS) is 10.6. The van der Waals surface area contributed by atoms with Crippen molar-refractivity contribution in [1.82, 2.24) is 16.0 Å². The van der Waals surface area contributed by atoms with E-state index in [1.807, 2.05) is 38.1 Å². The van der Waals surface area contributed by atoms with Gasteiger partial charge in [-0.05, 0) is 44.0 Å². The summed E-state index contributed by atoms with van der Waals surface area (Å²) in [4.78, 5) is 16.3. The SMILES string of the molecule is CCNC(=O)COc1ccc(CNC(=NCc2cccc(C)c2)NCC)cc1OC.I. The summed E-state index contributed by atoms with van der Waals surface area (Å²) in [5, 5.41) is 9.30. The zero-order valence-electron chi connectivity index (χ0n) is 18.7. The fourth-order valence-electron chi connectivity index (χ4n) is 2.84. The van der Waals surface area contributed by atoms with Crippen molar-refractivity contribution >= 4 is 35.8 Å². The summed E-state index contributed by atoms with van der Waals surface area (Å²) in [6, 6.07) is 14.0. The lowest BCUT2D eigenvalue weighted by molar-refractivity contribution is -0.123. The van der Waals surface area contributed by atoms with E-state index in [0.29, 0.717) is 31.1 Å². The number of carbonyl (C=O) groups excluding carboxylic acids is 1. The van der Waals surface area contributed by atoms with Gasteiger partial charge in [0.25, 0.3) is 5.91 Å². The Balaban J connectivity index is 0.00000480. The van der Waals surface area contributed by atoms with Crippen LogP contribution < -0.4 is 25.4 Å². The second-order valence-electron chi connectivity index (χ2n) is 6.77. The summed E-state index contributed by atoms with van der Waals surface area (Å²) in [6.07, 6.45) is 0. The number of aryl methyl sites for hydroxylation is 1. The summed E-state index contributed by atoms with van der Waals surface area (Å²) in [6.45, 7) is 8.46. The van der Waals surface area contributed by atoms with Crippen LogP contribution in [0, 0.1) is 6.92 Å². The molecule has 8 heteroatoms. The molecule has 0 saturated heterocycles. The Labute approximate surface area is 202 Å². The molecular formula is C23H33IN4O3. The van der Waals surface area contributed by atoms with Crippen LogP contribution >= 0.6 is 24.0 Å². The molecule has 0 heterocycles. The smallest absolute Gasteiger partial charge is 0.257 e. The third-order valence-electron chi connectivity index (χ3n) is 4.27. The molecular weight excluding hydrogens is 507 g/mol. The maximum absolute atomic E-state index is 11.6. The van der Waals surface area contributed by atoms with Gasteiger partial charge < -0.3 is 25.4 Å². The average Bonchev–Trinajstić information content (AvgIpc) is 2.74. The molecule has 170 valence electrons. The average molecular weight is 540 g/mol. The highest BCUT2D eigenvalue weighted by Crippen LogP contribution is 2.28. The lowest BCUT2D eigenvalue weighted by atomic mass is 10.1. The van der Waals surface area contributed by atoms with Crippen molar-refractivity contribution < 1.29 is 14.3 Å². The number of halogens is 1. The van der Waals surface area contributed by atoms with Crippen LogP contribution in [-0.4, -0.2) is 38.7 Å². The van der Waals surface area contributed by atoms with E-state index in [9.17, 15) is 4.79 Å². The van der Waals surface area contributed by atoms with Crippen LogP contribution in [0.15, 0.2) is 47.5 Å². The van der Waals surface area contributed by atoms with E-state index in [4.69, 9.17) is 9.47 Å². The highest BCUT2D eigenvalue weighted by atomic mass is 127. The van der Waals surface area contributed by atoms with E-state index >= 15 is 0 Å². The van der Waals surface area contributed by atoms with Gasteiger partial charge in [0.1, 0.15) is 0 Å². The van der Waals surface area contributed by atoms with Crippen LogP contribution in [0.4, 0.5) is 0 Å². The van der Waals surface area contributed by atoms with Gasteiger partial charge in [-0.25, -0.2) is 4.99 Å². The number of nitrogens with zero attached hydrogens (tertiary/aromatic N) is 1. The predicted molar refractivity (Wildman–Crippen MR) is 135 cm³/mol. The first-order valence-electron chi connectivity index (χ1n) is 10.2. The number of rotatable bonds is 10. The predicted octanol–water partition coefficient (Wildman–Crippen LogP) is 3.39. The molecule has 0 fully saturated rings. The van der Waals surface area contributed by atoms with Gasteiger partial charge in [-0.1, -0.05) is 35.9 Å². The third-order valence-corrected chi connectivity index (χ3v) is 4.27. The molecule has 0 bridgehead atoms. The van der Waals surface area contributed by atoms with Crippen molar-refractivity contribution in [2.45, 2.75) is 33.9 Å². The number of methoxy groups -OCH3 is 1. The highest BCUT2D eigenvalue weighted by molar-refractivity contribution is 14.0. The van der Waals surface area contributed by atoms with Gasteiger partial charge in [-0.2, -0.15) is 0 Å². The Morgan fingerprint density at radius 1 is 0.968 bits per heavy atom. The van der Waals surface area contributed by atoms with Crippen LogP contribution in [0.5, 0.6) is 11.5 Å². The summed E-state index contributed by atoms with van der Waals surface area (Å²) >= 11 is 0. The summed E-state index contributed by atoms with van der Waals surface area (Å²) in [5.74, 6) is 1.70. The van der Waals surface area contributed by atoms with E-state index in [1.54, 1.807) is 7.11 Å². The Hall–Kier alpha value is -2.49. The minimum absolute atomic E-state index is 0. The molecule has 0 aromatic heterocycles. The Morgan fingerprint density at radius 2 is 1.74 bits per heavy atom. The molecule has 7 nitrogen and oxygen atoms in total. The van der Waals surface area contributed by atoms with Crippen LogP contribution in [0.3, 0.4) is 0 Å². The number of likely N-dealkylation sites (N-methyl/N-ethyl adjacent to an activating group) is 1. The second-order valence-corrected chi connectivity index (χ2v) is 6.77. The first-order chi connectivity index (χ1) is 14.5. The molecule has 0 aliphatic rings. The number of aliphatic imine (C=N–C) groups is 1. The largest absolute Gasteiger partial charge is 0.493 e. The van der Waals surface area contributed by atoms with Gasteiger partial charge in [0.15, 0.2) is 24.1 Å². The third kappa shape index (κ3) is 9.46. The molecule has 2 aromatic rings. The highest BCUT2D eigenvalue weighted by Gasteiger charge is 2.09. The molecule has 0 radical (unpaired) electrons. The molecule has 2 aromatic carbocycles. The molecule has 1 amide bonds. The van der Waals surface area contributed by atoms with Gasteiger partial charge in [0, 0.05) is 19.6 Å². The van der Waals surface area contributed by atoms with E-state index in [2.05, 4.69) is 46.1 Å². The van der Waals surface area contributed by atoms with Gasteiger partial charge in [-0.15, -0.1) is 24.0 Å². The molecule has 0 saturated carbocycles. The first kappa shape index (κ1) is 26.5. The number of hydrogen-bond donors (Lipinski definition) is 3.